The number of rotatable bonds is 4. The maximum atomic E-state index is 10.3. The Hall–Kier alpha value is -0.120. The molecular formula is C17H32N2O. The van der Waals surface area contributed by atoms with Gasteiger partial charge in [0.05, 0.1) is 6.10 Å². The molecule has 3 rings (SSSR count). The Morgan fingerprint density at radius 3 is 2.15 bits per heavy atom. The van der Waals surface area contributed by atoms with E-state index in [1.807, 2.05) is 0 Å². The van der Waals surface area contributed by atoms with Crippen LogP contribution in [0.25, 0.3) is 0 Å². The molecule has 3 fully saturated rings. The van der Waals surface area contributed by atoms with Gasteiger partial charge in [-0.2, -0.15) is 0 Å². The van der Waals surface area contributed by atoms with Crippen molar-refractivity contribution in [3.63, 3.8) is 0 Å². The van der Waals surface area contributed by atoms with Crippen LogP contribution in [0.2, 0.25) is 0 Å². The van der Waals surface area contributed by atoms with Crippen molar-refractivity contribution >= 4 is 0 Å². The molecule has 0 aromatic rings. The van der Waals surface area contributed by atoms with Crippen molar-refractivity contribution in [2.45, 2.75) is 52.1 Å². The molecule has 2 unspecified atom stereocenters. The summed E-state index contributed by atoms with van der Waals surface area (Å²) in [5, 5.41) is 10.3. The van der Waals surface area contributed by atoms with E-state index in [0.29, 0.717) is 11.3 Å². The summed E-state index contributed by atoms with van der Waals surface area (Å²) in [6.45, 7) is 12.1. The highest BCUT2D eigenvalue weighted by atomic mass is 16.3. The summed E-state index contributed by atoms with van der Waals surface area (Å²) in [4.78, 5) is 5.24. The van der Waals surface area contributed by atoms with Gasteiger partial charge in [-0.1, -0.05) is 13.8 Å². The maximum absolute atomic E-state index is 10.3. The number of piperazine rings is 1. The van der Waals surface area contributed by atoms with Crippen LogP contribution in [-0.2, 0) is 0 Å². The first-order valence-electron chi connectivity index (χ1n) is 8.65. The zero-order valence-corrected chi connectivity index (χ0v) is 13.4. The van der Waals surface area contributed by atoms with E-state index in [4.69, 9.17) is 0 Å². The van der Waals surface area contributed by atoms with Gasteiger partial charge in [0.1, 0.15) is 0 Å². The number of nitrogens with zero attached hydrogens (tertiary/aromatic N) is 2. The zero-order chi connectivity index (χ0) is 14.2. The van der Waals surface area contributed by atoms with Crippen LogP contribution in [-0.4, -0.2) is 60.3 Å². The molecule has 0 bridgehead atoms. The van der Waals surface area contributed by atoms with Gasteiger partial charge in [0.25, 0.3) is 0 Å². The number of aliphatic hydroxyl groups is 1. The van der Waals surface area contributed by atoms with Gasteiger partial charge in [0.2, 0.25) is 0 Å². The highest BCUT2D eigenvalue weighted by molar-refractivity contribution is 4.88. The standard InChI is InChI=1S/C17H32N2O/c1-17(2)6-5-16(20)15(11-17)13-19-9-7-18(8-10-19)12-14-3-4-14/h14-16,20H,3-13H2,1-2H3. The van der Waals surface area contributed by atoms with Crippen molar-refractivity contribution in [3.05, 3.63) is 0 Å². The average Bonchev–Trinajstić information content (AvgIpc) is 3.20. The molecule has 3 nitrogen and oxygen atoms in total. The van der Waals surface area contributed by atoms with Gasteiger partial charge in [0.15, 0.2) is 0 Å². The lowest BCUT2D eigenvalue weighted by molar-refractivity contribution is -0.00364. The average molecular weight is 280 g/mol. The van der Waals surface area contributed by atoms with E-state index in [1.165, 1.54) is 58.4 Å². The number of hydrogen-bond donors (Lipinski definition) is 1. The van der Waals surface area contributed by atoms with Gasteiger partial charge < -0.3 is 14.9 Å². The van der Waals surface area contributed by atoms with E-state index in [2.05, 4.69) is 23.6 Å². The predicted octanol–water partition coefficient (Wildman–Crippen LogP) is 2.20. The zero-order valence-electron chi connectivity index (χ0n) is 13.4. The molecule has 0 spiro atoms. The quantitative estimate of drug-likeness (QED) is 0.855. The van der Waals surface area contributed by atoms with Crippen LogP contribution >= 0.6 is 0 Å². The van der Waals surface area contributed by atoms with Gasteiger partial charge in [-0.15, -0.1) is 0 Å². The fraction of sp³-hybridized carbons (Fsp3) is 1.00. The third-order valence-corrected chi connectivity index (χ3v) is 5.65. The molecule has 2 atom stereocenters. The minimum Gasteiger partial charge on any atom is -0.393 e. The summed E-state index contributed by atoms with van der Waals surface area (Å²) in [6.07, 6.45) is 6.23. The van der Waals surface area contributed by atoms with Gasteiger partial charge in [-0.3, -0.25) is 0 Å². The smallest absolute Gasteiger partial charge is 0.0581 e. The van der Waals surface area contributed by atoms with Gasteiger partial charge in [-0.05, 0) is 49.4 Å². The largest absolute Gasteiger partial charge is 0.393 e. The van der Waals surface area contributed by atoms with Gasteiger partial charge in [0, 0.05) is 39.3 Å². The van der Waals surface area contributed by atoms with E-state index in [0.717, 1.165) is 18.9 Å². The first-order chi connectivity index (χ1) is 9.52. The molecule has 20 heavy (non-hydrogen) atoms. The third kappa shape index (κ3) is 3.96. The molecule has 3 heteroatoms. The van der Waals surface area contributed by atoms with E-state index in [1.54, 1.807) is 0 Å². The van der Waals surface area contributed by atoms with Gasteiger partial charge >= 0.3 is 0 Å². The van der Waals surface area contributed by atoms with Crippen molar-refractivity contribution < 1.29 is 5.11 Å². The summed E-state index contributed by atoms with van der Waals surface area (Å²) in [6, 6.07) is 0. The molecule has 2 aliphatic carbocycles. The fourth-order valence-electron chi connectivity index (χ4n) is 4.06. The predicted molar refractivity (Wildman–Crippen MR) is 82.7 cm³/mol. The molecule has 2 saturated carbocycles. The second kappa shape index (κ2) is 5.94. The van der Waals surface area contributed by atoms with Crippen molar-refractivity contribution in [2.24, 2.45) is 17.3 Å². The van der Waals surface area contributed by atoms with E-state index < -0.39 is 0 Å². The lowest BCUT2D eigenvalue weighted by Gasteiger charge is -2.42. The summed E-state index contributed by atoms with van der Waals surface area (Å²) in [5.74, 6) is 1.51. The Labute approximate surface area is 124 Å². The Balaban J connectivity index is 1.43. The lowest BCUT2D eigenvalue weighted by Crippen LogP contribution is -2.50. The second-order valence-electron chi connectivity index (χ2n) is 8.28. The normalized spacial score (nSPS) is 36.1. The van der Waals surface area contributed by atoms with Crippen LogP contribution in [0.4, 0.5) is 0 Å². The molecule has 1 N–H and O–H groups in total. The minimum atomic E-state index is -0.0625. The monoisotopic (exact) mass is 280 g/mol. The van der Waals surface area contributed by atoms with Crippen molar-refractivity contribution in [3.8, 4) is 0 Å². The molecule has 1 aliphatic heterocycles. The van der Waals surface area contributed by atoms with Crippen LogP contribution < -0.4 is 0 Å². The first-order valence-corrected chi connectivity index (χ1v) is 8.65. The maximum Gasteiger partial charge on any atom is 0.0581 e. The Morgan fingerprint density at radius 2 is 1.55 bits per heavy atom. The molecular weight excluding hydrogens is 248 g/mol. The molecule has 1 heterocycles. The minimum absolute atomic E-state index is 0.0625. The van der Waals surface area contributed by atoms with E-state index in [-0.39, 0.29) is 6.10 Å². The van der Waals surface area contributed by atoms with Crippen LogP contribution in [0.3, 0.4) is 0 Å². The molecule has 116 valence electrons. The summed E-state index contributed by atoms with van der Waals surface area (Å²) in [7, 11) is 0. The Bertz CT molecular complexity index is 319. The molecule has 3 aliphatic rings. The Morgan fingerprint density at radius 1 is 0.950 bits per heavy atom. The SMILES string of the molecule is CC1(C)CCC(O)C(CN2CCN(CC3CC3)CC2)C1. The molecule has 0 aromatic heterocycles. The van der Waals surface area contributed by atoms with E-state index in [9.17, 15) is 5.11 Å². The van der Waals surface area contributed by atoms with E-state index >= 15 is 0 Å². The van der Waals surface area contributed by atoms with Crippen LogP contribution in [0.1, 0.15) is 46.0 Å². The van der Waals surface area contributed by atoms with Crippen molar-refractivity contribution in [1.29, 1.82) is 0 Å². The third-order valence-electron chi connectivity index (χ3n) is 5.65. The Kier molecular flexibility index (Phi) is 4.40. The summed E-state index contributed by atoms with van der Waals surface area (Å²) >= 11 is 0. The molecule has 0 aromatic carbocycles. The molecule has 1 saturated heterocycles. The van der Waals surface area contributed by atoms with Crippen LogP contribution in [0.15, 0.2) is 0 Å². The van der Waals surface area contributed by atoms with Crippen LogP contribution in [0, 0.1) is 17.3 Å². The van der Waals surface area contributed by atoms with Crippen LogP contribution in [0.5, 0.6) is 0 Å². The number of aliphatic hydroxyl groups excluding tert-OH is 1. The number of hydrogen-bond acceptors (Lipinski definition) is 3. The highest BCUT2D eigenvalue weighted by Crippen LogP contribution is 2.39. The summed E-state index contributed by atoms with van der Waals surface area (Å²) in [5.41, 5.74) is 0.428. The fourth-order valence-corrected chi connectivity index (χ4v) is 4.06. The van der Waals surface area contributed by atoms with Crippen molar-refractivity contribution in [2.75, 3.05) is 39.3 Å². The summed E-state index contributed by atoms with van der Waals surface area (Å²) < 4.78 is 0. The lowest BCUT2D eigenvalue weighted by atomic mass is 9.70. The second-order valence-corrected chi connectivity index (χ2v) is 8.28. The van der Waals surface area contributed by atoms with Gasteiger partial charge in [-0.25, -0.2) is 0 Å². The molecule has 0 radical (unpaired) electrons. The first kappa shape index (κ1) is 14.8. The highest BCUT2D eigenvalue weighted by Gasteiger charge is 2.35. The topological polar surface area (TPSA) is 26.7 Å². The van der Waals surface area contributed by atoms with Crippen molar-refractivity contribution in [1.82, 2.24) is 9.80 Å². The molecule has 0 amide bonds.